The number of hydrogen-bond acceptors (Lipinski definition) is 3. The van der Waals surface area contributed by atoms with Gasteiger partial charge in [0.1, 0.15) is 0 Å². The van der Waals surface area contributed by atoms with Crippen LogP contribution < -0.4 is 0 Å². The molecule has 0 heterocycles. The van der Waals surface area contributed by atoms with Crippen LogP contribution in [-0.4, -0.2) is 13.7 Å². The highest BCUT2D eigenvalue weighted by Crippen LogP contribution is 2.22. The molecule has 0 saturated heterocycles. The van der Waals surface area contributed by atoms with E-state index in [4.69, 9.17) is 4.52 Å². The van der Waals surface area contributed by atoms with Gasteiger partial charge in [-0.25, -0.2) is 0 Å². The highest BCUT2D eigenvalue weighted by molar-refractivity contribution is 7.33. The van der Waals surface area contributed by atoms with Gasteiger partial charge in [0.15, 0.2) is 0 Å². The van der Waals surface area contributed by atoms with Crippen LogP contribution in [-0.2, 0) is 13.6 Å². The highest BCUT2D eigenvalue weighted by atomic mass is 31.1. The first-order valence-electron chi connectivity index (χ1n) is 16.0. The van der Waals surface area contributed by atoms with Crippen molar-refractivity contribution >= 4 is 8.25 Å². The second-order valence-electron chi connectivity index (χ2n) is 10.8. The van der Waals surface area contributed by atoms with Crippen molar-refractivity contribution in [2.75, 3.05) is 13.7 Å². The van der Waals surface area contributed by atoms with Crippen LogP contribution >= 0.6 is 8.25 Å². The molecule has 0 aliphatic carbocycles. The summed E-state index contributed by atoms with van der Waals surface area (Å²) in [5.41, 5.74) is 0. The van der Waals surface area contributed by atoms with Crippen molar-refractivity contribution in [2.24, 2.45) is 0 Å². The predicted octanol–water partition coefficient (Wildman–Crippen LogP) is 12.0. The van der Waals surface area contributed by atoms with E-state index >= 15 is 0 Å². The van der Waals surface area contributed by atoms with Gasteiger partial charge in [0.25, 0.3) is 0 Å². The fourth-order valence-corrected chi connectivity index (χ4v) is 5.41. The molecule has 0 rings (SSSR count). The molecule has 0 aliphatic heterocycles. The van der Waals surface area contributed by atoms with Crippen LogP contribution in [0.1, 0.15) is 187 Å². The van der Waals surface area contributed by atoms with E-state index < -0.39 is 8.25 Å². The molecule has 0 bridgehead atoms. The lowest BCUT2D eigenvalue weighted by Crippen LogP contribution is -1.88. The third-order valence-corrected chi connectivity index (χ3v) is 8.16. The molecule has 0 aromatic rings. The lowest BCUT2D eigenvalue weighted by molar-refractivity contribution is 0.250. The summed E-state index contributed by atoms with van der Waals surface area (Å²) in [5.74, 6) is 0. The molecule has 35 heavy (non-hydrogen) atoms. The first kappa shape index (κ1) is 35.2. The van der Waals surface area contributed by atoms with Crippen molar-refractivity contribution in [1.29, 1.82) is 0 Å². The van der Waals surface area contributed by atoms with E-state index in [2.05, 4.69) is 11.4 Å². The molecule has 3 nitrogen and oxygen atoms in total. The maximum absolute atomic E-state index is 11.0. The quantitative estimate of drug-likeness (QED) is 0.0679. The summed E-state index contributed by atoms with van der Waals surface area (Å²) in [6.07, 6.45) is 39.6. The molecule has 1 atom stereocenters. The second kappa shape index (κ2) is 32.2. The average Bonchev–Trinajstić information content (AvgIpc) is 2.87. The van der Waals surface area contributed by atoms with Crippen LogP contribution in [0, 0.1) is 0 Å². The Morgan fingerprint density at radius 2 is 0.629 bits per heavy atom. The molecule has 0 N–H and O–H groups in total. The molecular weight excluding hydrogens is 451 g/mol. The third kappa shape index (κ3) is 32.1. The molecule has 0 fully saturated rings. The summed E-state index contributed by atoms with van der Waals surface area (Å²) < 4.78 is 20.7. The van der Waals surface area contributed by atoms with E-state index in [1.807, 2.05) is 0 Å². The van der Waals surface area contributed by atoms with Crippen molar-refractivity contribution in [2.45, 2.75) is 187 Å². The molecule has 4 heteroatoms. The van der Waals surface area contributed by atoms with Crippen LogP contribution in [0.5, 0.6) is 0 Å². The Hall–Kier alpha value is 0.150. The lowest BCUT2D eigenvalue weighted by atomic mass is 10.0. The fraction of sp³-hybridized carbons (Fsp3) is 1.00. The second-order valence-corrected chi connectivity index (χ2v) is 12.0. The van der Waals surface area contributed by atoms with E-state index in [1.165, 1.54) is 180 Å². The zero-order valence-corrected chi connectivity index (χ0v) is 25.2. The molecule has 1 unspecified atom stereocenters. The minimum absolute atomic E-state index is 0.574. The molecule has 0 aromatic heterocycles. The van der Waals surface area contributed by atoms with Gasteiger partial charge in [-0.3, -0.25) is 4.57 Å². The molecule has 0 aromatic carbocycles. The van der Waals surface area contributed by atoms with Gasteiger partial charge in [-0.2, -0.15) is 0 Å². The molecule has 0 amide bonds. The summed E-state index contributed by atoms with van der Waals surface area (Å²) in [7, 11) is -0.775. The Bertz CT molecular complexity index is 403. The monoisotopic (exact) mass is 516 g/mol. The van der Waals surface area contributed by atoms with Crippen LogP contribution in [0.25, 0.3) is 0 Å². The smallest absolute Gasteiger partial charge is 0.314 e. The van der Waals surface area contributed by atoms with Crippen LogP contribution in [0.3, 0.4) is 0 Å². The molecule has 0 aliphatic rings. The van der Waals surface area contributed by atoms with Gasteiger partial charge in [0.05, 0.1) is 6.61 Å². The van der Waals surface area contributed by atoms with E-state index in [0.29, 0.717) is 6.61 Å². The normalized spacial score (nSPS) is 12.4. The average molecular weight is 517 g/mol. The zero-order chi connectivity index (χ0) is 25.5. The van der Waals surface area contributed by atoms with Crippen molar-refractivity contribution < 1.29 is 13.6 Å². The highest BCUT2D eigenvalue weighted by Gasteiger charge is 1.98. The zero-order valence-electron chi connectivity index (χ0n) is 24.2. The maximum Gasteiger partial charge on any atom is 0.318 e. The first-order valence-corrected chi connectivity index (χ1v) is 17.2. The van der Waals surface area contributed by atoms with Crippen LogP contribution in [0.4, 0.5) is 0 Å². The number of rotatable bonds is 31. The summed E-state index contributed by atoms with van der Waals surface area (Å²) in [6, 6.07) is 0. The SMILES string of the molecule is CCCCCCCCCCCCCCCCCCCCCCCCCCCCCCO[PH](=O)OC. The van der Waals surface area contributed by atoms with E-state index in [0.717, 1.165) is 6.42 Å². The number of hydrogen-bond donors (Lipinski definition) is 0. The summed E-state index contributed by atoms with van der Waals surface area (Å²) in [5, 5.41) is 0. The van der Waals surface area contributed by atoms with Crippen molar-refractivity contribution in [3.63, 3.8) is 0 Å². The Morgan fingerprint density at radius 3 is 0.857 bits per heavy atom. The Balaban J connectivity index is 3.02. The molecular formula is C31H65O3P. The molecule has 0 saturated carbocycles. The topological polar surface area (TPSA) is 35.5 Å². The lowest BCUT2D eigenvalue weighted by Gasteiger charge is -2.05. The first-order chi connectivity index (χ1) is 17.3. The van der Waals surface area contributed by atoms with Crippen molar-refractivity contribution in [3.05, 3.63) is 0 Å². The minimum Gasteiger partial charge on any atom is -0.314 e. The molecule has 0 radical (unpaired) electrons. The summed E-state index contributed by atoms with van der Waals surface area (Å²) >= 11 is 0. The van der Waals surface area contributed by atoms with Gasteiger partial charge >= 0.3 is 8.25 Å². The van der Waals surface area contributed by atoms with Crippen molar-refractivity contribution in [3.8, 4) is 0 Å². The van der Waals surface area contributed by atoms with Gasteiger partial charge in [-0.05, 0) is 6.42 Å². The standard InChI is InChI=1S/C31H65O3P/c1-3-4-5-6-7-8-9-10-11-12-13-14-15-16-17-18-19-20-21-22-23-24-25-26-27-28-29-30-31-34-35(32)33-2/h35H,3-31H2,1-2H3. The molecule has 0 spiro atoms. The summed E-state index contributed by atoms with van der Waals surface area (Å²) in [4.78, 5) is 0. The summed E-state index contributed by atoms with van der Waals surface area (Å²) in [6.45, 7) is 2.87. The van der Waals surface area contributed by atoms with E-state index in [-0.39, 0.29) is 0 Å². The Morgan fingerprint density at radius 1 is 0.400 bits per heavy atom. The Labute approximate surface area is 222 Å². The van der Waals surface area contributed by atoms with E-state index in [9.17, 15) is 4.57 Å². The van der Waals surface area contributed by atoms with Crippen LogP contribution in [0.2, 0.25) is 0 Å². The van der Waals surface area contributed by atoms with Gasteiger partial charge in [0.2, 0.25) is 0 Å². The van der Waals surface area contributed by atoms with Gasteiger partial charge < -0.3 is 9.05 Å². The largest absolute Gasteiger partial charge is 0.318 e. The van der Waals surface area contributed by atoms with Gasteiger partial charge in [-0.15, -0.1) is 0 Å². The fourth-order valence-electron chi connectivity index (χ4n) is 4.99. The van der Waals surface area contributed by atoms with Crippen LogP contribution in [0.15, 0.2) is 0 Å². The predicted molar refractivity (Wildman–Crippen MR) is 157 cm³/mol. The van der Waals surface area contributed by atoms with E-state index in [1.54, 1.807) is 0 Å². The van der Waals surface area contributed by atoms with Crippen molar-refractivity contribution in [1.82, 2.24) is 0 Å². The molecule has 212 valence electrons. The van der Waals surface area contributed by atoms with Gasteiger partial charge in [-0.1, -0.05) is 180 Å². The maximum atomic E-state index is 11.0. The van der Waals surface area contributed by atoms with Gasteiger partial charge in [0, 0.05) is 7.11 Å². The Kier molecular flexibility index (Phi) is 32.3. The number of unbranched alkanes of at least 4 members (excludes halogenated alkanes) is 27. The minimum atomic E-state index is -2.21. The third-order valence-electron chi connectivity index (χ3n) is 7.38.